The largest absolute Gasteiger partial charge is 0.468 e. The van der Waals surface area contributed by atoms with Gasteiger partial charge in [0.05, 0.1) is 23.0 Å². The highest BCUT2D eigenvalue weighted by Crippen LogP contribution is 2.25. The van der Waals surface area contributed by atoms with E-state index in [-0.39, 0.29) is 12.0 Å². The highest BCUT2D eigenvalue weighted by Gasteiger charge is 2.30. The number of methoxy groups -OCH3 is 1. The van der Waals surface area contributed by atoms with Gasteiger partial charge in [0.2, 0.25) is 0 Å². The van der Waals surface area contributed by atoms with Gasteiger partial charge in [-0.1, -0.05) is 6.42 Å². The average Bonchev–Trinajstić information content (AvgIpc) is 2.65. The monoisotopic (exact) mass is 329 g/mol. The summed E-state index contributed by atoms with van der Waals surface area (Å²) in [5.74, 6) is -0.130. The summed E-state index contributed by atoms with van der Waals surface area (Å²) in [6, 6.07) is -0.124. The molecule has 2 heterocycles. The molecular formula is C13H20BrN3O2. The number of esters is 1. The van der Waals surface area contributed by atoms with E-state index in [1.165, 1.54) is 7.11 Å². The molecule has 1 aliphatic heterocycles. The molecule has 1 atom stereocenters. The number of carbonyl (C=O) groups excluding carboxylic acids is 1. The zero-order valence-corrected chi connectivity index (χ0v) is 13.2. The van der Waals surface area contributed by atoms with E-state index >= 15 is 0 Å². The van der Waals surface area contributed by atoms with Gasteiger partial charge in [-0.25, -0.2) is 0 Å². The molecule has 19 heavy (non-hydrogen) atoms. The second-order valence-electron chi connectivity index (χ2n) is 4.97. The van der Waals surface area contributed by atoms with Crippen molar-refractivity contribution in [1.82, 2.24) is 14.7 Å². The fourth-order valence-corrected chi connectivity index (χ4v) is 3.09. The van der Waals surface area contributed by atoms with Gasteiger partial charge in [0.15, 0.2) is 0 Å². The Balaban J connectivity index is 2.17. The van der Waals surface area contributed by atoms with E-state index in [4.69, 9.17) is 4.74 Å². The zero-order chi connectivity index (χ0) is 14.0. The molecule has 5 nitrogen and oxygen atoms in total. The van der Waals surface area contributed by atoms with Crippen molar-refractivity contribution in [3.63, 3.8) is 0 Å². The molecule has 0 spiro atoms. The lowest BCUT2D eigenvalue weighted by atomic mass is 10.0. The lowest BCUT2D eigenvalue weighted by Crippen LogP contribution is -2.45. The molecule has 6 heteroatoms. The molecule has 0 radical (unpaired) electrons. The summed E-state index contributed by atoms with van der Waals surface area (Å²) < 4.78 is 7.82. The number of aryl methyl sites for hydroxylation is 2. The first-order chi connectivity index (χ1) is 9.04. The maximum atomic E-state index is 11.8. The third-order valence-electron chi connectivity index (χ3n) is 3.70. The summed E-state index contributed by atoms with van der Waals surface area (Å²) >= 11 is 3.58. The van der Waals surface area contributed by atoms with E-state index < -0.39 is 0 Å². The van der Waals surface area contributed by atoms with Crippen LogP contribution in [0.3, 0.4) is 0 Å². The average molecular weight is 330 g/mol. The van der Waals surface area contributed by atoms with Crippen LogP contribution in [0.25, 0.3) is 0 Å². The fraction of sp³-hybridized carbons (Fsp3) is 0.692. The van der Waals surface area contributed by atoms with Gasteiger partial charge in [0.1, 0.15) is 6.04 Å². The number of ether oxygens (including phenoxy) is 1. The molecule has 0 amide bonds. The predicted octanol–water partition coefficient (Wildman–Crippen LogP) is 2.02. The minimum atomic E-state index is -0.130. The Labute approximate surface area is 122 Å². The Morgan fingerprint density at radius 1 is 1.53 bits per heavy atom. The standard InChI is InChI=1S/C13H20BrN3O2/c1-9-12(14)11(16(2)15-9)8-17-7-5-4-6-10(17)13(18)19-3/h10H,4-8H2,1-3H3/t10-/m1/s1. The van der Waals surface area contributed by atoms with Crippen molar-refractivity contribution in [2.24, 2.45) is 7.05 Å². The van der Waals surface area contributed by atoms with E-state index in [0.717, 1.165) is 48.2 Å². The van der Waals surface area contributed by atoms with Crippen LogP contribution in [0.2, 0.25) is 0 Å². The third-order valence-corrected chi connectivity index (χ3v) is 4.73. The van der Waals surface area contributed by atoms with Crippen LogP contribution in [-0.2, 0) is 23.1 Å². The molecule has 1 aromatic heterocycles. The van der Waals surface area contributed by atoms with E-state index in [9.17, 15) is 4.79 Å². The van der Waals surface area contributed by atoms with Crippen molar-refractivity contribution >= 4 is 21.9 Å². The van der Waals surface area contributed by atoms with Crippen LogP contribution in [0.5, 0.6) is 0 Å². The van der Waals surface area contributed by atoms with Crippen LogP contribution < -0.4 is 0 Å². The highest BCUT2D eigenvalue weighted by molar-refractivity contribution is 9.10. The first-order valence-corrected chi connectivity index (χ1v) is 7.33. The first kappa shape index (κ1) is 14.5. The summed E-state index contributed by atoms with van der Waals surface area (Å²) in [5, 5.41) is 4.39. The van der Waals surface area contributed by atoms with Gasteiger partial charge in [-0.3, -0.25) is 14.4 Å². The molecule has 1 aliphatic rings. The summed E-state index contributed by atoms with van der Waals surface area (Å²) in [7, 11) is 3.39. The first-order valence-electron chi connectivity index (χ1n) is 6.54. The van der Waals surface area contributed by atoms with Crippen molar-refractivity contribution < 1.29 is 9.53 Å². The van der Waals surface area contributed by atoms with Crippen LogP contribution in [0.15, 0.2) is 4.47 Å². The summed E-state index contributed by atoms with van der Waals surface area (Å²) in [6.45, 7) is 3.62. The minimum Gasteiger partial charge on any atom is -0.468 e. The molecular weight excluding hydrogens is 310 g/mol. The predicted molar refractivity (Wildman–Crippen MR) is 75.7 cm³/mol. The molecule has 0 aliphatic carbocycles. The number of aromatic nitrogens is 2. The van der Waals surface area contributed by atoms with Gasteiger partial charge >= 0.3 is 5.97 Å². The second kappa shape index (κ2) is 6.05. The van der Waals surface area contributed by atoms with Gasteiger partial charge in [0.25, 0.3) is 0 Å². The number of nitrogens with zero attached hydrogens (tertiary/aromatic N) is 3. The molecule has 2 rings (SSSR count). The van der Waals surface area contributed by atoms with E-state index in [1.54, 1.807) is 0 Å². The zero-order valence-electron chi connectivity index (χ0n) is 11.6. The Morgan fingerprint density at radius 3 is 2.84 bits per heavy atom. The number of piperidine rings is 1. The third kappa shape index (κ3) is 3.00. The van der Waals surface area contributed by atoms with Crippen molar-refractivity contribution in [2.75, 3.05) is 13.7 Å². The van der Waals surface area contributed by atoms with Crippen molar-refractivity contribution in [3.8, 4) is 0 Å². The number of hydrogen-bond acceptors (Lipinski definition) is 4. The molecule has 0 aromatic carbocycles. The van der Waals surface area contributed by atoms with Gasteiger partial charge in [-0.2, -0.15) is 5.10 Å². The fourth-order valence-electron chi connectivity index (χ4n) is 2.63. The van der Waals surface area contributed by atoms with Crippen LogP contribution in [0, 0.1) is 6.92 Å². The Hall–Kier alpha value is -0.880. The highest BCUT2D eigenvalue weighted by atomic mass is 79.9. The lowest BCUT2D eigenvalue weighted by Gasteiger charge is -2.33. The number of hydrogen-bond donors (Lipinski definition) is 0. The van der Waals surface area contributed by atoms with Gasteiger partial charge in [0, 0.05) is 13.6 Å². The number of rotatable bonds is 3. The van der Waals surface area contributed by atoms with Crippen LogP contribution in [-0.4, -0.2) is 40.3 Å². The van der Waals surface area contributed by atoms with Crippen molar-refractivity contribution in [2.45, 2.75) is 38.8 Å². The van der Waals surface area contributed by atoms with Gasteiger partial charge in [-0.15, -0.1) is 0 Å². The van der Waals surface area contributed by atoms with Crippen LogP contribution >= 0.6 is 15.9 Å². The summed E-state index contributed by atoms with van der Waals surface area (Å²) in [6.07, 6.45) is 3.09. The van der Waals surface area contributed by atoms with E-state index in [2.05, 4.69) is 25.9 Å². The molecule has 0 N–H and O–H groups in total. The molecule has 0 saturated carbocycles. The number of halogens is 1. The topological polar surface area (TPSA) is 47.4 Å². The van der Waals surface area contributed by atoms with Crippen molar-refractivity contribution in [1.29, 1.82) is 0 Å². The molecule has 106 valence electrons. The maximum Gasteiger partial charge on any atom is 0.323 e. The molecule has 1 fully saturated rings. The summed E-state index contributed by atoms with van der Waals surface area (Å²) in [4.78, 5) is 14.0. The maximum absolute atomic E-state index is 11.8. The van der Waals surface area contributed by atoms with Crippen molar-refractivity contribution in [3.05, 3.63) is 15.9 Å². The van der Waals surface area contributed by atoms with E-state index in [0.29, 0.717) is 0 Å². The second-order valence-corrected chi connectivity index (χ2v) is 5.77. The lowest BCUT2D eigenvalue weighted by molar-refractivity contribution is -0.148. The smallest absolute Gasteiger partial charge is 0.323 e. The quantitative estimate of drug-likeness (QED) is 0.796. The Bertz CT molecular complexity index is 473. The van der Waals surface area contributed by atoms with Crippen LogP contribution in [0.1, 0.15) is 30.7 Å². The molecule has 0 unspecified atom stereocenters. The molecule has 0 bridgehead atoms. The Kier molecular flexibility index (Phi) is 4.62. The Morgan fingerprint density at radius 2 is 2.26 bits per heavy atom. The normalized spacial score (nSPS) is 20.5. The summed E-state index contributed by atoms with van der Waals surface area (Å²) in [5.41, 5.74) is 2.08. The van der Waals surface area contributed by atoms with Gasteiger partial charge < -0.3 is 4.74 Å². The molecule has 1 saturated heterocycles. The SMILES string of the molecule is COC(=O)[C@H]1CCCCN1Cc1c(Br)c(C)nn1C. The van der Waals surface area contributed by atoms with E-state index in [1.807, 2.05) is 18.7 Å². The van der Waals surface area contributed by atoms with Crippen LogP contribution in [0.4, 0.5) is 0 Å². The number of likely N-dealkylation sites (tertiary alicyclic amines) is 1. The number of carbonyl (C=O) groups is 1. The van der Waals surface area contributed by atoms with Gasteiger partial charge in [-0.05, 0) is 42.2 Å². The molecule has 1 aromatic rings. The minimum absolute atomic E-state index is 0.124.